The first kappa shape index (κ1) is 13.0. The molecule has 19 heavy (non-hydrogen) atoms. The maximum absolute atomic E-state index is 13.0. The molecule has 1 aromatic carbocycles. The second kappa shape index (κ2) is 5.49. The lowest BCUT2D eigenvalue weighted by atomic mass is 10.2. The fourth-order valence-corrected chi connectivity index (χ4v) is 1.65. The van der Waals surface area contributed by atoms with Crippen LogP contribution in [0.15, 0.2) is 24.5 Å². The van der Waals surface area contributed by atoms with Gasteiger partial charge in [0.2, 0.25) is 5.75 Å². The minimum absolute atomic E-state index is 0.290. The van der Waals surface area contributed by atoms with E-state index in [9.17, 15) is 4.39 Å². The lowest BCUT2D eigenvalue weighted by Gasteiger charge is -2.13. The number of nitrogen functional groups attached to an aromatic ring is 1. The van der Waals surface area contributed by atoms with Gasteiger partial charge in [-0.05, 0) is 30.7 Å². The number of aryl methyl sites for hydroxylation is 1. The molecule has 0 saturated heterocycles. The summed E-state index contributed by atoms with van der Waals surface area (Å²) in [6, 6.07) is 4.42. The number of rotatable bonds is 4. The first-order valence-corrected chi connectivity index (χ1v) is 5.54. The second-order valence-corrected chi connectivity index (χ2v) is 3.83. The highest BCUT2D eigenvalue weighted by molar-refractivity contribution is 5.70. The van der Waals surface area contributed by atoms with Gasteiger partial charge in [0.15, 0.2) is 11.6 Å². The number of nitrogens with zero attached hydrogens (tertiary/aromatic N) is 2. The molecule has 0 aliphatic heterocycles. The Labute approximate surface area is 109 Å². The average Bonchev–Trinajstić information content (AvgIpc) is 2.41. The molecule has 0 atom stereocenters. The zero-order valence-electron chi connectivity index (χ0n) is 10.6. The van der Waals surface area contributed by atoms with Crippen molar-refractivity contribution in [2.75, 3.05) is 17.9 Å². The molecule has 0 aliphatic rings. The van der Waals surface area contributed by atoms with Crippen LogP contribution in [-0.4, -0.2) is 17.1 Å². The minimum Gasteiger partial charge on any atom is -0.490 e. The molecule has 4 N–H and O–H groups in total. The van der Waals surface area contributed by atoms with E-state index >= 15 is 0 Å². The summed E-state index contributed by atoms with van der Waals surface area (Å²) in [7, 11) is 1.49. The number of benzene rings is 1. The Morgan fingerprint density at radius 2 is 2.00 bits per heavy atom. The van der Waals surface area contributed by atoms with Crippen molar-refractivity contribution in [3.63, 3.8) is 0 Å². The number of anilines is 3. The molecule has 2 rings (SSSR count). The quantitative estimate of drug-likeness (QED) is 0.577. The van der Waals surface area contributed by atoms with Gasteiger partial charge in [-0.15, -0.1) is 0 Å². The molecule has 0 bridgehead atoms. The molecule has 0 unspecified atom stereocenters. The Bertz CT molecular complexity index is 590. The molecule has 0 spiro atoms. The summed E-state index contributed by atoms with van der Waals surface area (Å²) in [4.78, 5) is 8.02. The lowest BCUT2D eigenvalue weighted by molar-refractivity contribution is 0.415. The zero-order valence-corrected chi connectivity index (χ0v) is 10.6. The van der Waals surface area contributed by atoms with Crippen molar-refractivity contribution in [1.82, 2.24) is 9.97 Å². The molecule has 1 heterocycles. The molecule has 0 fully saturated rings. The van der Waals surface area contributed by atoms with Crippen molar-refractivity contribution in [2.24, 2.45) is 5.84 Å². The summed E-state index contributed by atoms with van der Waals surface area (Å²) in [6.45, 7) is 1.79. The molecule has 100 valence electrons. The highest BCUT2D eigenvalue weighted by atomic mass is 19.1. The molecule has 2 aromatic rings. The molecular formula is C12H14FN5O. The first-order valence-electron chi connectivity index (χ1n) is 5.54. The van der Waals surface area contributed by atoms with E-state index in [4.69, 9.17) is 10.6 Å². The topological polar surface area (TPSA) is 85.1 Å². The van der Waals surface area contributed by atoms with Gasteiger partial charge < -0.3 is 15.5 Å². The van der Waals surface area contributed by atoms with Crippen molar-refractivity contribution in [2.45, 2.75) is 6.92 Å². The molecule has 7 heteroatoms. The Balaban J connectivity index is 2.37. The Morgan fingerprint density at radius 1 is 1.26 bits per heavy atom. The van der Waals surface area contributed by atoms with Gasteiger partial charge in [0.05, 0.1) is 7.11 Å². The van der Waals surface area contributed by atoms with Crippen LogP contribution in [0.5, 0.6) is 5.75 Å². The van der Waals surface area contributed by atoms with Gasteiger partial charge in [-0.25, -0.2) is 20.2 Å². The number of hydrazine groups is 1. The predicted octanol–water partition coefficient (Wildman–Crippen LogP) is 1.96. The number of aromatic nitrogens is 2. The van der Waals surface area contributed by atoms with Crippen molar-refractivity contribution in [3.05, 3.63) is 35.9 Å². The standard InChI is InChI=1S/C12H14FN5O/c1-7-5-8(13)3-4-9(7)17-11-10(19-2)12(18-14)16-6-15-11/h3-6H,14H2,1-2H3,(H2,15,16,17,18). The molecule has 0 amide bonds. The summed E-state index contributed by atoms with van der Waals surface area (Å²) >= 11 is 0. The van der Waals surface area contributed by atoms with Gasteiger partial charge in [-0.3, -0.25) is 0 Å². The van der Waals surface area contributed by atoms with Crippen molar-refractivity contribution in [1.29, 1.82) is 0 Å². The van der Waals surface area contributed by atoms with Crippen LogP contribution in [0.25, 0.3) is 0 Å². The van der Waals surface area contributed by atoms with Gasteiger partial charge in [0.1, 0.15) is 12.1 Å². The lowest BCUT2D eigenvalue weighted by Crippen LogP contribution is -2.11. The van der Waals surface area contributed by atoms with Crippen molar-refractivity contribution >= 4 is 17.3 Å². The summed E-state index contributed by atoms with van der Waals surface area (Å²) in [5, 5.41) is 3.06. The summed E-state index contributed by atoms with van der Waals surface area (Å²) in [5.74, 6) is 6.24. The smallest absolute Gasteiger partial charge is 0.205 e. The largest absolute Gasteiger partial charge is 0.490 e. The molecular weight excluding hydrogens is 249 g/mol. The van der Waals surface area contributed by atoms with E-state index in [0.717, 1.165) is 11.3 Å². The molecule has 6 nitrogen and oxygen atoms in total. The third-order valence-electron chi connectivity index (χ3n) is 2.59. The Morgan fingerprint density at radius 3 is 2.63 bits per heavy atom. The van der Waals surface area contributed by atoms with Crippen LogP contribution in [0.3, 0.4) is 0 Å². The first-order chi connectivity index (χ1) is 9.15. The maximum Gasteiger partial charge on any atom is 0.205 e. The van der Waals surface area contributed by atoms with Crippen LogP contribution >= 0.6 is 0 Å². The van der Waals surface area contributed by atoms with E-state index in [1.54, 1.807) is 13.0 Å². The van der Waals surface area contributed by atoms with E-state index in [0.29, 0.717) is 17.4 Å². The molecule has 0 radical (unpaired) electrons. The normalized spacial score (nSPS) is 10.1. The molecule has 0 saturated carbocycles. The third kappa shape index (κ3) is 2.71. The summed E-state index contributed by atoms with van der Waals surface area (Å²) in [6.07, 6.45) is 1.35. The van der Waals surface area contributed by atoms with E-state index in [1.165, 1.54) is 25.6 Å². The minimum atomic E-state index is -0.290. The predicted molar refractivity (Wildman–Crippen MR) is 70.8 cm³/mol. The number of methoxy groups -OCH3 is 1. The zero-order chi connectivity index (χ0) is 13.8. The van der Waals surface area contributed by atoms with Crippen LogP contribution in [-0.2, 0) is 0 Å². The second-order valence-electron chi connectivity index (χ2n) is 3.83. The van der Waals surface area contributed by atoms with Crippen LogP contribution < -0.4 is 21.3 Å². The summed E-state index contributed by atoms with van der Waals surface area (Å²) < 4.78 is 18.2. The SMILES string of the molecule is COc1c(NN)ncnc1Nc1ccc(F)cc1C. The van der Waals surface area contributed by atoms with Crippen LogP contribution in [0, 0.1) is 12.7 Å². The van der Waals surface area contributed by atoms with Crippen molar-refractivity contribution in [3.8, 4) is 5.75 Å². The van der Waals surface area contributed by atoms with Gasteiger partial charge in [-0.1, -0.05) is 0 Å². The van der Waals surface area contributed by atoms with Crippen LogP contribution in [0.1, 0.15) is 5.56 Å². The highest BCUT2D eigenvalue weighted by Crippen LogP contribution is 2.31. The number of hydrogen-bond acceptors (Lipinski definition) is 6. The van der Waals surface area contributed by atoms with E-state index in [1.807, 2.05) is 0 Å². The number of hydrogen-bond donors (Lipinski definition) is 3. The van der Waals surface area contributed by atoms with Gasteiger partial charge in [0, 0.05) is 5.69 Å². The van der Waals surface area contributed by atoms with E-state index < -0.39 is 0 Å². The molecule has 1 aromatic heterocycles. The maximum atomic E-state index is 13.0. The highest BCUT2D eigenvalue weighted by Gasteiger charge is 2.12. The van der Waals surface area contributed by atoms with E-state index in [2.05, 4.69) is 20.7 Å². The van der Waals surface area contributed by atoms with Crippen LogP contribution in [0.2, 0.25) is 0 Å². The number of ether oxygens (including phenoxy) is 1. The fraction of sp³-hybridized carbons (Fsp3) is 0.167. The van der Waals surface area contributed by atoms with Gasteiger partial charge in [-0.2, -0.15) is 0 Å². The van der Waals surface area contributed by atoms with E-state index in [-0.39, 0.29) is 5.82 Å². The van der Waals surface area contributed by atoms with Gasteiger partial charge in [0.25, 0.3) is 0 Å². The Hall–Kier alpha value is -2.41. The average molecular weight is 263 g/mol. The van der Waals surface area contributed by atoms with Gasteiger partial charge >= 0.3 is 0 Å². The number of halogens is 1. The van der Waals surface area contributed by atoms with Crippen LogP contribution in [0.4, 0.5) is 21.7 Å². The Kier molecular flexibility index (Phi) is 3.76. The molecule has 0 aliphatic carbocycles. The van der Waals surface area contributed by atoms with Crippen molar-refractivity contribution < 1.29 is 9.13 Å². The third-order valence-corrected chi connectivity index (χ3v) is 2.59. The number of nitrogens with two attached hydrogens (primary N) is 1. The fourth-order valence-electron chi connectivity index (χ4n) is 1.65. The number of nitrogens with one attached hydrogen (secondary N) is 2. The monoisotopic (exact) mass is 263 g/mol. The summed E-state index contributed by atoms with van der Waals surface area (Å²) in [5.41, 5.74) is 3.90.